The molecule has 4 aliphatic rings. The highest BCUT2D eigenvalue weighted by molar-refractivity contribution is 5.82. The number of rotatable bonds is 4. The Morgan fingerprint density at radius 3 is 2.55 bits per heavy atom. The minimum atomic E-state index is -0.149. The summed E-state index contributed by atoms with van der Waals surface area (Å²) in [5.74, 6) is 3.36. The predicted molar refractivity (Wildman–Crippen MR) is 115 cm³/mol. The van der Waals surface area contributed by atoms with Gasteiger partial charge in [0.05, 0.1) is 0 Å². The Bertz CT molecular complexity index is 709. The maximum Gasteiger partial charge on any atom is 0.302 e. The van der Waals surface area contributed by atoms with Gasteiger partial charge in [0, 0.05) is 25.7 Å². The third-order valence-electron chi connectivity index (χ3n) is 9.79. The third-order valence-corrected chi connectivity index (χ3v) is 9.79. The van der Waals surface area contributed by atoms with E-state index in [-0.39, 0.29) is 28.8 Å². The number of hydrogen-bond donors (Lipinski definition) is 0. The van der Waals surface area contributed by atoms with Crippen LogP contribution in [0.5, 0.6) is 0 Å². The highest BCUT2D eigenvalue weighted by Crippen LogP contribution is 2.67. The van der Waals surface area contributed by atoms with Crippen LogP contribution in [0.25, 0.3) is 0 Å². The fourth-order valence-electron chi connectivity index (χ4n) is 8.39. The Morgan fingerprint density at radius 2 is 1.90 bits per heavy atom. The first-order valence-corrected chi connectivity index (χ1v) is 12.1. The minimum Gasteiger partial charge on any atom is -0.462 e. The lowest BCUT2D eigenvalue weighted by Crippen LogP contribution is -2.51. The molecule has 0 bridgehead atoms. The molecule has 0 aromatic rings. The highest BCUT2D eigenvalue weighted by atomic mass is 16.5. The molecule has 3 heteroatoms. The molecule has 0 aromatic heterocycles. The fraction of sp³-hybridized carbons (Fsp3) is 0.846. The van der Waals surface area contributed by atoms with E-state index in [1.54, 1.807) is 5.57 Å². The van der Waals surface area contributed by atoms with Gasteiger partial charge >= 0.3 is 5.97 Å². The molecule has 7 unspecified atom stereocenters. The molecular weight excluding hydrogens is 360 g/mol. The van der Waals surface area contributed by atoms with E-state index in [1.165, 1.54) is 26.2 Å². The van der Waals surface area contributed by atoms with Crippen molar-refractivity contribution < 1.29 is 14.3 Å². The van der Waals surface area contributed by atoms with Crippen LogP contribution in [0.3, 0.4) is 0 Å². The number of carbonyl (C=O) groups excluding carboxylic acids is 2. The third kappa shape index (κ3) is 3.22. The molecule has 0 N–H and O–H groups in total. The molecule has 0 saturated heterocycles. The first-order chi connectivity index (χ1) is 13.7. The van der Waals surface area contributed by atoms with Crippen LogP contribution in [0, 0.1) is 40.4 Å². The van der Waals surface area contributed by atoms with Gasteiger partial charge in [-0.2, -0.15) is 0 Å². The van der Waals surface area contributed by atoms with Crippen molar-refractivity contribution in [2.75, 3.05) is 0 Å². The van der Waals surface area contributed by atoms with Gasteiger partial charge in [-0.3, -0.25) is 9.59 Å². The van der Waals surface area contributed by atoms with Crippen molar-refractivity contribution >= 4 is 11.8 Å². The normalized spacial score (nSPS) is 46.2. The number of hydrogen-bond acceptors (Lipinski definition) is 3. The van der Waals surface area contributed by atoms with Crippen LogP contribution < -0.4 is 0 Å². The number of esters is 1. The number of Topliss-reactive ketones (excluding diaryl/α,β-unsaturated/α-hetero) is 1. The zero-order chi connectivity index (χ0) is 21.0. The quantitative estimate of drug-likeness (QED) is 0.422. The van der Waals surface area contributed by atoms with Crippen molar-refractivity contribution in [3.8, 4) is 0 Å². The molecule has 4 rings (SSSR count). The van der Waals surface area contributed by atoms with Crippen molar-refractivity contribution in [3.63, 3.8) is 0 Å². The Morgan fingerprint density at radius 1 is 1.14 bits per heavy atom. The smallest absolute Gasteiger partial charge is 0.302 e. The van der Waals surface area contributed by atoms with Gasteiger partial charge in [0.25, 0.3) is 0 Å². The number of ether oxygens (including phenoxy) is 1. The molecule has 0 aliphatic heterocycles. The van der Waals surface area contributed by atoms with Crippen molar-refractivity contribution in [3.05, 3.63) is 11.6 Å². The second kappa shape index (κ2) is 7.54. The van der Waals surface area contributed by atoms with Crippen LogP contribution in [0.1, 0.15) is 92.4 Å². The average Bonchev–Trinajstić information content (AvgIpc) is 2.99. The summed E-state index contributed by atoms with van der Waals surface area (Å²) >= 11 is 0. The first kappa shape index (κ1) is 21.1. The molecule has 162 valence electrons. The molecule has 0 aromatic carbocycles. The Balaban J connectivity index is 1.61. The van der Waals surface area contributed by atoms with Crippen LogP contribution in [0.15, 0.2) is 11.6 Å². The van der Waals surface area contributed by atoms with Gasteiger partial charge in [-0.05, 0) is 73.0 Å². The van der Waals surface area contributed by atoms with E-state index in [9.17, 15) is 9.59 Å². The standard InChI is InChI=1S/C26H40O3/c1-6-17-14-22-20-9-8-18-15-19(29-16(3)27)10-12-25(18,4)21(20)11-13-26(22,5)24(17)23(28)7-2/h8,17,19-22,24H,6-7,9-15H2,1-5H3/t17-,19?,20?,21?,22?,24?,25?,26?/m1/s1. The summed E-state index contributed by atoms with van der Waals surface area (Å²) in [4.78, 5) is 24.4. The topological polar surface area (TPSA) is 43.4 Å². The van der Waals surface area contributed by atoms with Crippen molar-refractivity contribution in [1.82, 2.24) is 0 Å². The fourth-order valence-corrected chi connectivity index (χ4v) is 8.39. The molecule has 8 atom stereocenters. The predicted octanol–water partition coefficient (Wildman–Crippen LogP) is 6.11. The lowest BCUT2D eigenvalue weighted by molar-refractivity contribution is -0.149. The van der Waals surface area contributed by atoms with Crippen LogP contribution in [0.4, 0.5) is 0 Å². The zero-order valence-corrected chi connectivity index (χ0v) is 19.1. The summed E-state index contributed by atoms with van der Waals surface area (Å²) in [7, 11) is 0. The number of fused-ring (bicyclic) bond motifs is 5. The average molecular weight is 401 g/mol. The molecule has 3 saturated carbocycles. The number of carbonyl (C=O) groups is 2. The van der Waals surface area contributed by atoms with E-state index in [2.05, 4.69) is 33.8 Å². The van der Waals surface area contributed by atoms with E-state index >= 15 is 0 Å². The molecule has 3 fully saturated rings. The lowest BCUT2D eigenvalue weighted by atomic mass is 9.47. The second-order valence-corrected chi connectivity index (χ2v) is 11.0. The molecule has 4 aliphatic carbocycles. The van der Waals surface area contributed by atoms with Gasteiger partial charge in [0.15, 0.2) is 0 Å². The SMILES string of the molecule is CCC(=O)C1[C@H](CC)CC2C3CC=C4CC(OC(C)=O)CCC4(C)C3CCC21C. The maximum absolute atomic E-state index is 13.0. The monoisotopic (exact) mass is 400 g/mol. The minimum absolute atomic E-state index is 0.0692. The van der Waals surface area contributed by atoms with Crippen LogP contribution in [-0.2, 0) is 14.3 Å². The van der Waals surface area contributed by atoms with Gasteiger partial charge in [0.2, 0.25) is 0 Å². The van der Waals surface area contributed by atoms with Gasteiger partial charge < -0.3 is 4.74 Å². The molecule has 29 heavy (non-hydrogen) atoms. The van der Waals surface area contributed by atoms with Gasteiger partial charge in [0.1, 0.15) is 11.9 Å². The summed E-state index contributed by atoms with van der Waals surface area (Å²) in [6, 6.07) is 0. The second-order valence-electron chi connectivity index (χ2n) is 11.0. The summed E-state index contributed by atoms with van der Waals surface area (Å²) < 4.78 is 5.57. The van der Waals surface area contributed by atoms with E-state index in [0.29, 0.717) is 24.0 Å². The number of allylic oxidation sites excluding steroid dienone is 1. The summed E-state index contributed by atoms with van der Waals surface area (Å²) in [5, 5.41) is 0. The van der Waals surface area contributed by atoms with Crippen LogP contribution in [-0.4, -0.2) is 17.9 Å². The van der Waals surface area contributed by atoms with Crippen molar-refractivity contribution in [1.29, 1.82) is 0 Å². The maximum atomic E-state index is 13.0. The zero-order valence-electron chi connectivity index (χ0n) is 19.1. The van der Waals surface area contributed by atoms with E-state index in [1.807, 2.05) is 0 Å². The lowest BCUT2D eigenvalue weighted by Gasteiger charge is -2.58. The molecule has 0 spiro atoms. The van der Waals surface area contributed by atoms with Crippen molar-refractivity contribution in [2.24, 2.45) is 40.4 Å². The van der Waals surface area contributed by atoms with E-state index < -0.39 is 0 Å². The largest absolute Gasteiger partial charge is 0.462 e. The van der Waals surface area contributed by atoms with Crippen LogP contribution >= 0.6 is 0 Å². The Hall–Kier alpha value is -1.12. The summed E-state index contributed by atoms with van der Waals surface area (Å²) in [5.41, 5.74) is 2.01. The molecule has 0 amide bonds. The molecule has 0 heterocycles. The van der Waals surface area contributed by atoms with E-state index in [0.717, 1.165) is 43.9 Å². The van der Waals surface area contributed by atoms with Gasteiger partial charge in [-0.1, -0.05) is 45.8 Å². The Kier molecular flexibility index (Phi) is 5.49. The first-order valence-electron chi connectivity index (χ1n) is 12.1. The Labute approximate surface area is 177 Å². The summed E-state index contributed by atoms with van der Waals surface area (Å²) in [6.07, 6.45) is 12.3. The summed E-state index contributed by atoms with van der Waals surface area (Å²) in [6.45, 7) is 10.8. The van der Waals surface area contributed by atoms with Gasteiger partial charge in [-0.25, -0.2) is 0 Å². The number of ketones is 1. The van der Waals surface area contributed by atoms with Crippen LogP contribution in [0.2, 0.25) is 0 Å². The highest BCUT2D eigenvalue weighted by Gasteiger charge is 2.61. The van der Waals surface area contributed by atoms with Crippen molar-refractivity contribution in [2.45, 2.75) is 98.5 Å². The molecule has 0 radical (unpaired) electrons. The van der Waals surface area contributed by atoms with Gasteiger partial charge in [-0.15, -0.1) is 0 Å². The van der Waals surface area contributed by atoms with E-state index in [4.69, 9.17) is 4.74 Å². The molecule has 3 nitrogen and oxygen atoms in total. The molecular formula is C26H40O3.